The number of nitrogens with one attached hydrogen (secondary N) is 1. The van der Waals surface area contributed by atoms with Crippen molar-refractivity contribution < 1.29 is 14.3 Å². The Kier molecular flexibility index (Phi) is 7.58. The third-order valence-electron chi connectivity index (χ3n) is 4.24. The van der Waals surface area contributed by atoms with Gasteiger partial charge in [-0.15, -0.1) is 0 Å². The summed E-state index contributed by atoms with van der Waals surface area (Å²) in [5, 5.41) is 0. The summed E-state index contributed by atoms with van der Waals surface area (Å²) in [6, 6.07) is 13.9. The van der Waals surface area contributed by atoms with Crippen LogP contribution in [0.15, 0.2) is 115 Å². The van der Waals surface area contributed by atoms with Crippen LogP contribution in [-0.4, -0.2) is 22.0 Å². The van der Waals surface area contributed by atoms with Crippen molar-refractivity contribution in [3.63, 3.8) is 0 Å². The Bertz CT molecular complexity index is 1250. The highest BCUT2D eigenvalue weighted by Gasteiger charge is 2.15. The van der Waals surface area contributed by atoms with Gasteiger partial charge in [-0.25, -0.2) is 9.98 Å². The second kappa shape index (κ2) is 11.0. The fourth-order valence-corrected chi connectivity index (χ4v) is 2.71. The summed E-state index contributed by atoms with van der Waals surface area (Å²) in [6.07, 6.45) is 8.81. The second-order valence-electron chi connectivity index (χ2n) is 6.50. The van der Waals surface area contributed by atoms with Crippen molar-refractivity contribution in [2.24, 2.45) is 16.5 Å². The third kappa shape index (κ3) is 5.86. The number of ether oxygens (including phenoxy) is 2. The quantitative estimate of drug-likeness (QED) is 0.188. The summed E-state index contributed by atoms with van der Waals surface area (Å²) < 4.78 is 11.3. The molecule has 3 rings (SSSR count). The molecule has 0 aliphatic carbocycles. The topological polar surface area (TPSA) is 129 Å². The van der Waals surface area contributed by atoms with Crippen molar-refractivity contribution in [3.05, 3.63) is 121 Å². The summed E-state index contributed by atoms with van der Waals surface area (Å²) in [5.41, 5.74) is 13.3. The van der Waals surface area contributed by atoms with Crippen molar-refractivity contribution in [2.45, 2.75) is 0 Å². The van der Waals surface area contributed by atoms with E-state index in [1.807, 2.05) is 24.3 Å². The molecule has 8 heteroatoms. The van der Waals surface area contributed by atoms with Gasteiger partial charge in [-0.2, -0.15) is 0 Å². The van der Waals surface area contributed by atoms with Crippen LogP contribution in [0.1, 0.15) is 16.2 Å². The number of benzene rings is 2. The molecule has 0 atom stereocenters. The summed E-state index contributed by atoms with van der Waals surface area (Å²) in [5.74, 6) is 0.646. The fourth-order valence-electron chi connectivity index (χ4n) is 2.71. The van der Waals surface area contributed by atoms with Crippen molar-refractivity contribution in [2.75, 3.05) is 0 Å². The number of hydrogen-bond acceptors (Lipinski definition) is 7. The van der Waals surface area contributed by atoms with Gasteiger partial charge in [-0.1, -0.05) is 31.4 Å². The van der Waals surface area contributed by atoms with Gasteiger partial charge < -0.3 is 25.9 Å². The summed E-state index contributed by atoms with van der Waals surface area (Å²) in [4.78, 5) is 24.3. The molecule has 1 aromatic heterocycles. The number of nitrogens with zero attached hydrogens (tertiary/aromatic N) is 2. The Labute approximate surface area is 190 Å². The summed E-state index contributed by atoms with van der Waals surface area (Å²) in [7, 11) is 0. The predicted octanol–water partition coefficient (Wildman–Crippen LogP) is 4.07. The number of ketones is 1. The van der Waals surface area contributed by atoms with Crippen LogP contribution in [0, 0.1) is 0 Å². The number of hydrogen-bond donors (Lipinski definition) is 3. The molecule has 5 N–H and O–H groups in total. The Morgan fingerprint density at radius 3 is 2.55 bits per heavy atom. The van der Waals surface area contributed by atoms with Gasteiger partial charge in [-0.05, 0) is 60.8 Å². The molecule has 166 valence electrons. The number of imidazole rings is 1. The molecule has 0 fully saturated rings. The van der Waals surface area contributed by atoms with Gasteiger partial charge >= 0.3 is 0 Å². The second-order valence-corrected chi connectivity index (χ2v) is 6.50. The molecule has 0 unspecified atom stereocenters. The lowest BCUT2D eigenvalue weighted by molar-refractivity contribution is 0.103. The molecule has 0 aliphatic rings. The average molecular weight is 441 g/mol. The minimum absolute atomic E-state index is 0.00395. The molecular formula is C25H23N5O3. The number of aromatic nitrogens is 2. The first-order valence-corrected chi connectivity index (χ1v) is 9.86. The van der Waals surface area contributed by atoms with Crippen LogP contribution in [0.3, 0.4) is 0 Å². The van der Waals surface area contributed by atoms with Crippen molar-refractivity contribution in [1.82, 2.24) is 9.97 Å². The normalized spacial score (nSPS) is 12.7. The molecule has 0 spiro atoms. The summed E-state index contributed by atoms with van der Waals surface area (Å²) >= 11 is 0. The largest absolute Gasteiger partial charge is 0.436 e. The van der Waals surface area contributed by atoms with Gasteiger partial charge in [0.2, 0.25) is 5.78 Å². The Hall–Kier alpha value is -4.85. The van der Waals surface area contributed by atoms with E-state index in [1.165, 1.54) is 24.6 Å². The van der Waals surface area contributed by atoms with E-state index in [4.69, 9.17) is 20.9 Å². The lowest BCUT2D eigenvalue weighted by Gasteiger charge is -2.11. The maximum Gasteiger partial charge on any atom is 0.281 e. The van der Waals surface area contributed by atoms with E-state index in [0.29, 0.717) is 17.1 Å². The van der Waals surface area contributed by atoms with E-state index in [0.717, 1.165) is 11.0 Å². The Balaban J connectivity index is 1.81. The molecule has 0 saturated heterocycles. The number of aromatic amines is 1. The number of rotatable bonds is 10. The molecule has 0 amide bonds. The third-order valence-corrected chi connectivity index (χ3v) is 4.24. The molecule has 3 aromatic rings. The minimum Gasteiger partial charge on any atom is -0.436 e. The van der Waals surface area contributed by atoms with Crippen molar-refractivity contribution in [1.29, 1.82) is 0 Å². The molecule has 0 radical (unpaired) electrons. The van der Waals surface area contributed by atoms with E-state index < -0.39 is 0 Å². The number of carbonyl (C=O) groups excluding carboxylic acids is 1. The van der Waals surface area contributed by atoms with Crippen LogP contribution in [0.25, 0.3) is 11.0 Å². The molecule has 0 bridgehead atoms. The highest BCUT2D eigenvalue weighted by Crippen LogP contribution is 2.20. The zero-order valence-electron chi connectivity index (χ0n) is 17.8. The van der Waals surface area contributed by atoms with E-state index in [2.05, 4.69) is 28.1 Å². The van der Waals surface area contributed by atoms with Crippen LogP contribution < -0.4 is 16.2 Å². The fraction of sp³-hybridized carbons (Fsp3) is 0. The molecule has 1 heterocycles. The van der Waals surface area contributed by atoms with Gasteiger partial charge in [0.25, 0.3) is 11.8 Å². The number of para-hydroxylation sites is 2. The standard InChI is InChI=1S/C25H23N5O3/c1-3-16-28-25(23(27)32-18(4-2)8-7-15-26)33-19-13-11-17(12-14-19)22(31)24-29-20-9-5-6-10-21(20)30-24/h3-16H,1-2,26-27H2,(H,29,30)/b15-7-,18-8+,25-23-,28-16-. The SMILES string of the molecule is C=C/C=N\C(Oc1ccc(C(=O)c2nc3ccccc3[nH]2)cc1)=C(/N)O/C(C=C)=C/C=C\N. The van der Waals surface area contributed by atoms with Crippen LogP contribution in [-0.2, 0) is 4.74 Å². The van der Waals surface area contributed by atoms with Crippen LogP contribution in [0.5, 0.6) is 5.75 Å². The van der Waals surface area contributed by atoms with Gasteiger partial charge in [0.1, 0.15) is 11.5 Å². The highest BCUT2D eigenvalue weighted by molar-refractivity contribution is 6.08. The predicted molar refractivity (Wildman–Crippen MR) is 129 cm³/mol. The Morgan fingerprint density at radius 2 is 1.88 bits per heavy atom. The first-order valence-electron chi connectivity index (χ1n) is 9.86. The maximum atomic E-state index is 12.8. The van der Waals surface area contributed by atoms with Crippen LogP contribution >= 0.6 is 0 Å². The maximum absolute atomic E-state index is 12.8. The van der Waals surface area contributed by atoms with E-state index in [1.54, 1.807) is 36.4 Å². The monoisotopic (exact) mass is 441 g/mol. The molecule has 0 saturated carbocycles. The molecular weight excluding hydrogens is 418 g/mol. The van der Waals surface area contributed by atoms with Crippen molar-refractivity contribution in [3.8, 4) is 5.75 Å². The Morgan fingerprint density at radius 1 is 1.12 bits per heavy atom. The van der Waals surface area contributed by atoms with Crippen molar-refractivity contribution >= 4 is 23.0 Å². The van der Waals surface area contributed by atoms with Gasteiger partial charge in [0.15, 0.2) is 5.82 Å². The zero-order valence-corrected chi connectivity index (χ0v) is 17.8. The lowest BCUT2D eigenvalue weighted by atomic mass is 10.1. The van der Waals surface area contributed by atoms with E-state index in [-0.39, 0.29) is 23.4 Å². The number of aliphatic imine (C=N–C) groups is 1. The van der Waals surface area contributed by atoms with Gasteiger partial charge in [-0.3, -0.25) is 4.79 Å². The first kappa shape index (κ1) is 22.8. The van der Waals surface area contributed by atoms with Crippen LogP contribution in [0.2, 0.25) is 0 Å². The van der Waals surface area contributed by atoms with Gasteiger partial charge in [0.05, 0.1) is 11.0 Å². The number of carbonyl (C=O) groups is 1. The van der Waals surface area contributed by atoms with E-state index in [9.17, 15) is 4.79 Å². The average Bonchev–Trinajstić information content (AvgIpc) is 3.28. The van der Waals surface area contributed by atoms with Gasteiger partial charge in [0, 0.05) is 11.8 Å². The smallest absolute Gasteiger partial charge is 0.281 e. The van der Waals surface area contributed by atoms with E-state index >= 15 is 0 Å². The zero-order chi connectivity index (χ0) is 23.6. The highest BCUT2D eigenvalue weighted by atomic mass is 16.5. The number of allylic oxidation sites excluding steroid dienone is 4. The lowest BCUT2D eigenvalue weighted by Crippen LogP contribution is -2.10. The first-order chi connectivity index (χ1) is 16.0. The molecule has 33 heavy (non-hydrogen) atoms. The minimum atomic E-state index is -0.241. The number of fused-ring (bicyclic) bond motifs is 1. The number of nitrogens with two attached hydrogens (primary N) is 2. The molecule has 2 aromatic carbocycles. The molecule has 0 aliphatic heterocycles. The number of H-pyrrole nitrogens is 1. The summed E-state index contributed by atoms with van der Waals surface area (Å²) in [6.45, 7) is 7.24. The van der Waals surface area contributed by atoms with Crippen LogP contribution in [0.4, 0.5) is 0 Å². The molecule has 8 nitrogen and oxygen atoms in total.